The molecule has 0 fully saturated rings. The van der Waals surface area contributed by atoms with Crippen LogP contribution in [0.2, 0.25) is 0 Å². The van der Waals surface area contributed by atoms with Crippen LogP contribution in [0, 0.1) is 87.1 Å². The van der Waals surface area contributed by atoms with Gasteiger partial charge >= 0.3 is 29.8 Å². The first-order valence-corrected chi connectivity index (χ1v) is 49.6. The van der Waals surface area contributed by atoms with Crippen molar-refractivity contribution in [3.8, 4) is 0 Å². The minimum atomic E-state index is -0.326. The van der Waals surface area contributed by atoms with E-state index < -0.39 is 0 Å². The van der Waals surface area contributed by atoms with Gasteiger partial charge in [0, 0.05) is 18.3 Å². The standard InChI is InChI=1S/C10H22.C9H20O2.C9H18O2.3C9H20.2C8H16O2.C8H18.C7H14O2.2C7H16.C6H15N.C5H10O2/c1-5-6-7-8-9-10(2,3)4;1-5-9(6-10,7-11)8(2,3)4;1-5-11-8(10)6-7-9(2,3)4;1-7-9(5,6)8(2,3)4;2*1-5-6-7-8-9(2,3)4;1-8(2,3)6-5-7(9)10-4;1-5-10-7(9)6-8(2,3)4;1-5-6-7-8(2,3)4;1-7(2,3)5-6(8)9-4;2*1-5-6-7(2,3)4;1-6(2,3)4-5-7;1-4(2)5(6)7-3/h5-9H2,1-4H3;10-11H,5-7H2,1-4H3;5-7H2,1-4H3;7H2,1-6H3;2*5-8H2,1-4H3;2*5-6H2,1-4H3;5-7H2,1-4H3;5H2,1-4H3;2*5-6H2,1-4H3;4-5,7H2,1-3H3;4H,1-3H3. The van der Waals surface area contributed by atoms with Gasteiger partial charge in [-0.05, 0) is 160 Å². The van der Waals surface area contributed by atoms with E-state index in [2.05, 4.69) is 284 Å². The highest BCUT2D eigenvalue weighted by molar-refractivity contribution is 5.71. The molecule has 0 aromatic carbocycles. The van der Waals surface area contributed by atoms with Crippen molar-refractivity contribution in [2.45, 2.75) is 553 Å². The number of methoxy groups -OCH3 is 3. The van der Waals surface area contributed by atoms with Crippen molar-refractivity contribution in [3.63, 3.8) is 0 Å². The lowest BCUT2D eigenvalue weighted by Gasteiger charge is -2.41. The smallest absolute Gasteiger partial charge is 0.308 e. The van der Waals surface area contributed by atoms with Gasteiger partial charge in [0.1, 0.15) is 0 Å². The summed E-state index contributed by atoms with van der Waals surface area (Å²) in [6.07, 6.45) is 34.4. The fraction of sp³-hybridized carbons (Fsp3) is 0.955. The third-order valence-electron chi connectivity index (χ3n) is 20.0. The van der Waals surface area contributed by atoms with E-state index in [1.807, 2.05) is 83.1 Å². The summed E-state index contributed by atoms with van der Waals surface area (Å²) in [5.74, 6) is -0.583. The maximum atomic E-state index is 10.9. The molecule has 0 unspecified atom stereocenters. The normalized spacial score (nSPS) is 11.9. The Morgan fingerprint density at radius 3 is 0.669 bits per heavy atom. The second kappa shape index (κ2) is 82.2. The summed E-state index contributed by atoms with van der Waals surface area (Å²) in [6.45, 7) is 117. The number of unbranched alkanes of at least 4 members (excludes halogenated alkanes) is 8. The van der Waals surface area contributed by atoms with Gasteiger partial charge in [-0.15, -0.1) is 0 Å². The lowest BCUT2D eigenvalue weighted by atomic mass is 9.66. The van der Waals surface area contributed by atoms with Gasteiger partial charge < -0.3 is 39.6 Å². The number of carbonyl (C=O) groups excluding carboxylic acids is 5. The summed E-state index contributed by atoms with van der Waals surface area (Å²) in [5, 5.41) is 18.3. The Labute approximate surface area is 783 Å². The molecule has 0 aliphatic carbocycles. The number of rotatable bonds is 28. The second-order valence-electron chi connectivity index (χ2n) is 50.5. The molecular formula is C111H241NO12. The molecule has 4 N–H and O–H groups in total. The van der Waals surface area contributed by atoms with Crippen molar-refractivity contribution < 1.29 is 57.9 Å². The third kappa shape index (κ3) is 163. The van der Waals surface area contributed by atoms with Gasteiger partial charge in [0.2, 0.25) is 0 Å². The van der Waals surface area contributed by atoms with Crippen LogP contribution in [-0.4, -0.2) is 94.4 Å². The molecule has 0 saturated carbocycles. The number of aliphatic hydroxyl groups excluding tert-OH is 2. The van der Waals surface area contributed by atoms with E-state index in [1.165, 1.54) is 156 Å². The Morgan fingerprint density at radius 1 is 0.274 bits per heavy atom. The van der Waals surface area contributed by atoms with Crippen molar-refractivity contribution in [1.29, 1.82) is 0 Å². The molecule has 0 heterocycles. The SMILES string of the molecule is CC(C)(C)CCN.CCC(C)(C)C(C)(C)C.CCC(CO)(CO)C(C)(C)C.CCCC(C)(C)C.CCCC(C)(C)C.CCCCC(C)(C)C.CCCCCC(C)(C)C.CCCCCC(C)(C)C.CCCCCCC(C)(C)C.CCOC(=O)CC(C)(C)C.CCOC(=O)CCC(C)(C)C.COC(=O)C(C)C.COC(=O)CC(C)(C)C.COC(=O)CCC(C)(C)C. The summed E-state index contributed by atoms with van der Waals surface area (Å²) in [6, 6.07) is 0. The van der Waals surface area contributed by atoms with E-state index in [9.17, 15) is 24.0 Å². The molecule has 0 aliphatic heterocycles. The zero-order valence-corrected chi connectivity index (χ0v) is 96.2. The van der Waals surface area contributed by atoms with Gasteiger partial charge in [-0.25, -0.2) is 0 Å². The summed E-state index contributed by atoms with van der Waals surface area (Å²) >= 11 is 0. The molecular weight excluding hydrogens is 1540 g/mol. The molecule has 0 bridgehead atoms. The Balaban J connectivity index is -0.0000000878. The molecule has 0 aliphatic rings. The highest BCUT2D eigenvalue weighted by Crippen LogP contribution is 2.41. The molecule has 124 heavy (non-hydrogen) atoms. The molecule has 0 rings (SSSR count). The molecule has 13 nitrogen and oxygen atoms in total. The molecule has 0 atom stereocenters. The van der Waals surface area contributed by atoms with Crippen molar-refractivity contribution in [1.82, 2.24) is 0 Å². The van der Waals surface area contributed by atoms with E-state index in [4.69, 9.17) is 25.4 Å². The predicted molar refractivity (Wildman–Crippen MR) is 556 cm³/mol. The molecule has 13 heteroatoms. The number of esters is 5. The molecule has 0 aromatic heterocycles. The van der Waals surface area contributed by atoms with Crippen LogP contribution in [0.3, 0.4) is 0 Å². The van der Waals surface area contributed by atoms with Crippen molar-refractivity contribution >= 4 is 29.8 Å². The molecule has 0 spiro atoms. The fourth-order valence-electron chi connectivity index (χ4n) is 10.0. The maximum Gasteiger partial charge on any atom is 0.308 e. The average molecular weight is 1780 g/mol. The molecule has 0 radical (unpaired) electrons. The molecule has 762 valence electrons. The van der Waals surface area contributed by atoms with Crippen LogP contribution in [-0.2, 0) is 47.7 Å². The van der Waals surface area contributed by atoms with E-state index in [0.29, 0.717) is 87.6 Å². The monoisotopic (exact) mass is 1780 g/mol. The minimum absolute atomic E-state index is 0.00463. The van der Waals surface area contributed by atoms with E-state index in [0.717, 1.165) is 32.2 Å². The summed E-state index contributed by atoms with van der Waals surface area (Å²) in [7, 11) is 4.22. The zero-order chi connectivity index (χ0) is 103. The average Bonchev–Trinajstić information content (AvgIpc) is 0.820. The Kier molecular flexibility index (Phi) is 101. The minimum Gasteiger partial charge on any atom is -0.469 e. The number of nitrogens with two attached hydrogens (primary N) is 1. The van der Waals surface area contributed by atoms with Gasteiger partial charge in [-0.3, -0.25) is 24.0 Å². The van der Waals surface area contributed by atoms with Gasteiger partial charge in [0.25, 0.3) is 0 Å². The van der Waals surface area contributed by atoms with E-state index in [-0.39, 0.29) is 81.5 Å². The molecule has 0 saturated heterocycles. The lowest BCUT2D eigenvalue weighted by molar-refractivity contribution is -0.145. The van der Waals surface area contributed by atoms with Gasteiger partial charge in [-0.2, -0.15) is 0 Å². The van der Waals surface area contributed by atoms with Gasteiger partial charge in [-0.1, -0.05) is 449 Å². The molecule has 0 amide bonds. The number of carbonyl (C=O) groups is 5. The summed E-state index contributed by atoms with van der Waals surface area (Å²) < 4.78 is 22.9. The summed E-state index contributed by atoms with van der Waals surface area (Å²) in [4.78, 5) is 53.2. The van der Waals surface area contributed by atoms with Gasteiger partial charge in [0.15, 0.2) is 0 Å². The summed E-state index contributed by atoms with van der Waals surface area (Å²) in [5.41, 5.74) is 10.2. The quantitative estimate of drug-likeness (QED) is 0.0380. The number of hydrogen-bond donors (Lipinski definition) is 3. The lowest BCUT2D eigenvalue weighted by Crippen LogP contribution is -2.41. The van der Waals surface area contributed by atoms with Crippen LogP contribution in [0.1, 0.15) is 553 Å². The second-order valence-corrected chi connectivity index (χ2v) is 50.5. The zero-order valence-electron chi connectivity index (χ0n) is 96.2. The Hall–Kier alpha value is -2.77. The first-order chi connectivity index (χ1) is 55.2. The third-order valence-corrected chi connectivity index (χ3v) is 20.0. The van der Waals surface area contributed by atoms with Crippen LogP contribution in [0.15, 0.2) is 0 Å². The first-order valence-electron chi connectivity index (χ1n) is 49.6. The van der Waals surface area contributed by atoms with Gasteiger partial charge in [0.05, 0.1) is 66.5 Å². The Bertz CT molecular complexity index is 2220. The van der Waals surface area contributed by atoms with Crippen LogP contribution in [0.4, 0.5) is 0 Å². The Morgan fingerprint density at radius 2 is 0.532 bits per heavy atom. The predicted octanol–water partition coefficient (Wildman–Crippen LogP) is 35.1. The number of ether oxygens (including phenoxy) is 5. The van der Waals surface area contributed by atoms with E-state index in [1.54, 1.807) is 13.8 Å². The first kappa shape index (κ1) is 152. The van der Waals surface area contributed by atoms with Crippen LogP contribution >= 0.6 is 0 Å². The van der Waals surface area contributed by atoms with Crippen molar-refractivity contribution in [3.05, 3.63) is 0 Å². The number of hydrogen-bond acceptors (Lipinski definition) is 13. The topological polar surface area (TPSA) is 198 Å². The highest BCUT2D eigenvalue weighted by atomic mass is 16.5. The van der Waals surface area contributed by atoms with E-state index >= 15 is 0 Å². The number of aliphatic hydroxyl groups is 2. The largest absolute Gasteiger partial charge is 0.469 e. The van der Waals surface area contributed by atoms with Crippen molar-refractivity contribution in [2.75, 3.05) is 54.3 Å². The van der Waals surface area contributed by atoms with Crippen LogP contribution in [0.5, 0.6) is 0 Å². The fourth-order valence-corrected chi connectivity index (χ4v) is 10.0. The van der Waals surface area contributed by atoms with Crippen LogP contribution < -0.4 is 5.73 Å². The van der Waals surface area contributed by atoms with Crippen molar-refractivity contribution in [2.24, 2.45) is 92.9 Å². The van der Waals surface area contributed by atoms with Crippen LogP contribution in [0.25, 0.3) is 0 Å². The highest BCUT2D eigenvalue weighted by Gasteiger charge is 2.39. The molecule has 0 aromatic rings. The maximum absolute atomic E-state index is 10.9.